The molecule has 1 N–H and O–H groups in total. The monoisotopic (exact) mass is 365 g/mol. The highest BCUT2D eigenvalue weighted by Crippen LogP contribution is 2.15. The van der Waals surface area contributed by atoms with E-state index in [1.807, 2.05) is 43.3 Å². The third kappa shape index (κ3) is 5.44. The molecule has 0 aliphatic rings. The highest BCUT2D eigenvalue weighted by atomic mass is 16.5. The van der Waals surface area contributed by atoms with Crippen molar-refractivity contribution in [2.75, 3.05) is 13.2 Å². The number of hydrogen-bond donors (Lipinski definition) is 1. The molecule has 3 rings (SSSR count). The van der Waals surface area contributed by atoms with Crippen LogP contribution in [0.3, 0.4) is 0 Å². The van der Waals surface area contributed by atoms with Gasteiger partial charge in [0, 0.05) is 11.9 Å². The Morgan fingerprint density at radius 2 is 1.89 bits per heavy atom. The summed E-state index contributed by atoms with van der Waals surface area (Å²) in [5, 5.41) is 4.29. The van der Waals surface area contributed by atoms with Gasteiger partial charge in [-0.15, -0.1) is 0 Å². The van der Waals surface area contributed by atoms with E-state index in [4.69, 9.17) is 9.15 Å². The molecule has 0 fully saturated rings. The van der Waals surface area contributed by atoms with Crippen molar-refractivity contribution in [2.24, 2.45) is 0 Å². The molecule has 0 aliphatic heterocycles. The molecule has 27 heavy (non-hydrogen) atoms. The third-order valence-electron chi connectivity index (χ3n) is 4.56. The Morgan fingerprint density at radius 3 is 2.67 bits per heavy atom. The van der Waals surface area contributed by atoms with E-state index < -0.39 is 0 Å². The minimum Gasteiger partial charge on any atom is -0.494 e. The van der Waals surface area contributed by atoms with Crippen LogP contribution in [0, 0.1) is 6.92 Å². The van der Waals surface area contributed by atoms with E-state index in [1.165, 1.54) is 5.56 Å². The first-order chi connectivity index (χ1) is 13.2. The molecule has 0 atom stereocenters. The van der Waals surface area contributed by atoms with Crippen LogP contribution < -0.4 is 15.7 Å². The number of hydrogen-bond acceptors (Lipinski definition) is 4. The van der Waals surface area contributed by atoms with Crippen LogP contribution in [0.5, 0.6) is 5.75 Å². The molecule has 0 saturated carbocycles. The van der Waals surface area contributed by atoms with Crippen LogP contribution >= 0.6 is 0 Å². The van der Waals surface area contributed by atoms with Gasteiger partial charge in [-0.25, -0.2) is 4.79 Å². The van der Waals surface area contributed by atoms with Crippen molar-refractivity contribution in [3.63, 3.8) is 0 Å². The summed E-state index contributed by atoms with van der Waals surface area (Å²) in [6.45, 7) is 6.21. The average molecular weight is 365 g/mol. The standard InChI is InChI=1S/C23H27NO3/c1-3-4-13-26-21-9-6-18(7-10-21)11-12-24-16-20-15-19-8-5-17(2)14-22(19)27-23(20)25/h5-10,14-15,24H,3-4,11-13,16H2,1-2H3. The Kier molecular flexibility index (Phi) is 6.66. The lowest BCUT2D eigenvalue weighted by molar-refractivity contribution is 0.309. The summed E-state index contributed by atoms with van der Waals surface area (Å²) in [4.78, 5) is 12.1. The van der Waals surface area contributed by atoms with Gasteiger partial charge >= 0.3 is 5.63 Å². The van der Waals surface area contributed by atoms with Gasteiger partial charge in [0.05, 0.1) is 12.2 Å². The van der Waals surface area contributed by atoms with Gasteiger partial charge < -0.3 is 14.5 Å². The van der Waals surface area contributed by atoms with Crippen LogP contribution in [0.4, 0.5) is 0 Å². The minimum atomic E-state index is -0.269. The van der Waals surface area contributed by atoms with E-state index in [0.717, 1.165) is 49.1 Å². The zero-order chi connectivity index (χ0) is 19.1. The van der Waals surface area contributed by atoms with Crippen LogP contribution in [0.15, 0.2) is 57.7 Å². The lowest BCUT2D eigenvalue weighted by atomic mass is 10.1. The van der Waals surface area contributed by atoms with E-state index in [0.29, 0.717) is 17.7 Å². The molecule has 0 unspecified atom stereocenters. The van der Waals surface area contributed by atoms with Gasteiger partial charge in [-0.1, -0.05) is 37.6 Å². The third-order valence-corrected chi connectivity index (χ3v) is 4.56. The van der Waals surface area contributed by atoms with Crippen LogP contribution in [-0.4, -0.2) is 13.2 Å². The molecule has 0 radical (unpaired) electrons. The summed E-state index contributed by atoms with van der Waals surface area (Å²) < 4.78 is 11.1. The van der Waals surface area contributed by atoms with Crippen molar-refractivity contribution in [3.05, 3.63) is 75.6 Å². The Hall–Kier alpha value is -2.59. The molecule has 0 spiro atoms. The highest BCUT2D eigenvalue weighted by molar-refractivity contribution is 5.77. The summed E-state index contributed by atoms with van der Waals surface area (Å²) in [7, 11) is 0. The predicted molar refractivity (Wildman–Crippen MR) is 109 cm³/mol. The molecule has 1 heterocycles. The Morgan fingerprint density at radius 1 is 1.07 bits per heavy atom. The number of ether oxygens (including phenoxy) is 1. The minimum absolute atomic E-state index is 0.269. The molecule has 0 aliphatic carbocycles. The van der Waals surface area contributed by atoms with Gasteiger partial charge in [-0.2, -0.15) is 0 Å². The number of nitrogens with one attached hydrogen (secondary N) is 1. The number of unbranched alkanes of at least 4 members (excludes halogenated alkanes) is 1. The Balaban J connectivity index is 1.50. The number of benzene rings is 2. The van der Waals surface area contributed by atoms with E-state index in [-0.39, 0.29) is 5.63 Å². The van der Waals surface area contributed by atoms with Crippen molar-refractivity contribution in [1.82, 2.24) is 5.32 Å². The van der Waals surface area contributed by atoms with E-state index in [9.17, 15) is 4.79 Å². The van der Waals surface area contributed by atoms with E-state index in [2.05, 4.69) is 24.4 Å². The van der Waals surface area contributed by atoms with Crippen molar-refractivity contribution in [1.29, 1.82) is 0 Å². The van der Waals surface area contributed by atoms with Gasteiger partial charge in [0.25, 0.3) is 0 Å². The van der Waals surface area contributed by atoms with Crippen LogP contribution in [0.25, 0.3) is 11.0 Å². The maximum atomic E-state index is 12.1. The first-order valence-corrected chi connectivity index (χ1v) is 9.61. The summed E-state index contributed by atoms with van der Waals surface area (Å²) in [5.74, 6) is 0.921. The molecule has 3 aromatic rings. The van der Waals surface area contributed by atoms with Gasteiger partial charge in [0.15, 0.2) is 0 Å². The van der Waals surface area contributed by atoms with Crippen LogP contribution in [-0.2, 0) is 13.0 Å². The summed E-state index contributed by atoms with van der Waals surface area (Å²) in [5.41, 5.74) is 3.36. The maximum absolute atomic E-state index is 12.1. The quantitative estimate of drug-likeness (QED) is 0.444. The van der Waals surface area contributed by atoms with E-state index >= 15 is 0 Å². The second-order valence-electron chi connectivity index (χ2n) is 6.87. The van der Waals surface area contributed by atoms with Crippen LogP contribution in [0.1, 0.15) is 36.5 Å². The molecule has 4 nitrogen and oxygen atoms in total. The molecule has 1 aromatic heterocycles. The molecule has 0 bridgehead atoms. The number of rotatable bonds is 9. The maximum Gasteiger partial charge on any atom is 0.340 e. The normalized spacial score (nSPS) is 11.0. The molecular formula is C23H27NO3. The molecule has 0 amide bonds. The van der Waals surface area contributed by atoms with Gasteiger partial charge in [-0.3, -0.25) is 0 Å². The van der Waals surface area contributed by atoms with Crippen LogP contribution in [0.2, 0.25) is 0 Å². The Labute approximate surface area is 160 Å². The van der Waals surface area contributed by atoms with Gasteiger partial charge in [0.1, 0.15) is 11.3 Å². The van der Waals surface area contributed by atoms with Crippen molar-refractivity contribution >= 4 is 11.0 Å². The largest absolute Gasteiger partial charge is 0.494 e. The second-order valence-corrected chi connectivity index (χ2v) is 6.87. The molecular weight excluding hydrogens is 338 g/mol. The first-order valence-electron chi connectivity index (χ1n) is 9.61. The molecule has 142 valence electrons. The summed E-state index contributed by atoms with van der Waals surface area (Å²) >= 11 is 0. The van der Waals surface area contributed by atoms with Crippen molar-refractivity contribution in [2.45, 2.75) is 39.7 Å². The SMILES string of the molecule is CCCCOc1ccc(CCNCc2cc3ccc(C)cc3oc2=O)cc1. The fraction of sp³-hybridized carbons (Fsp3) is 0.348. The lowest BCUT2D eigenvalue weighted by Crippen LogP contribution is -2.21. The lowest BCUT2D eigenvalue weighted by Gasteiger charge is -2.08. The predicted octanol–water partition coefficient (Wildman–Crippen LogP) is 4.61. The van der Waals surface area contributed by atoms with Gasteiger partial charge in [-0.05, 0) is 61.7 Å². The fourth-order valence-electron chi connectivity index (χ4n) is 2.93. The molecule has 4 heteroatoms. The topological polar surface area (TPSA) is 51.5 Å². The Bertz CT molecular complexity index is 929. The average Bonchev–Trinajstić information content (AvgIpc) is 2.67. The van der Waals surface area contributed by atoms with Crippen molar-refractivity contribution < 1.29 is 9.15 Å². The number of fused-ring (bicyclic) bond motifs is 1. The van der Waals surface area contributed by atoms with E-state index in [1.54, 1.807) is 0 Å². The highest BCUT2D eigenvalue weighted by Gasteiger charge is 2.05. The molecule has 2 aromatic carbocycles. The zero-order valence-corrected chi connectivity index (χ0v) is 16.1. The fourth-order valence-corrected chi connectivity index (χ4v) is 2.93. The summed E-state index contributed by atoms with van der Waals surface area (Å²) in [6, 6.07) is 16.0. The zero-order valence-electron chi connectivity index (χ0n) is 16.1. The summed E-state index contributed by atoms with van der Waals surface area (Å²) in [6.07, 6.45) is 3.11. The first kappa shape index (κ1) is 19.2. The second kappa shape index (κ2) is 9.38. The number of aryl methyl sites for hydroxylation is 1. The smallest absolute Gasteiger partial charge is 0.340 e. The van der Waals surface area contributed by atoms with Crippen molar-refractivity contribution in [3.8, 4) is 5.75 Å². The molecule has 0 saturated heterocycles. The van der Waals surface area contributed by atoms with Gasteiger partial charge in [0.2, 0.25) is 0 Å².